The number of amidine groups is 1. The van der Waals surface area contributed by atoms with Crippen LogP contribution < -0.4 is 0 Å². The summed E-state index contributed by atoms with van der Waals surface area (Å²) in [6, 6.07) is 0. The first-order chi connectivity index (χ1) is 7.26. The van der Waals surface area contributed by atoms with Crippen LogP contribution >= 0.6 is 0 Å². The summed E-state index contributed by atoms with van der Waals surface area (Å²) in [6.07, 6.45) is 3.49. The van der Waals surface area contributed by atoms with E-state index >= 15 is 0 Å². The van der Waals surface area contributed by atoms with E-state index in [1.165, 1.54) is 0 Å². The van der Waals surface area contributed by atoms with E-state index in [4.69, 9.17) is 10.2 Å². The number of hydroxylamine groups is 2. The SMILES string of the molecule is C/C=C1/C=C(C)C(=O)N(OC(C)(C)C)C1=N. The van der Waals surface area contributed by atoms with Crippen molar-refractivity contribution >= 4 is 11.7 Å². The van der Waals surface area contributed by atoms with Gasteiger partial charge in [0.05, 0.1) is 5.60 Å². The Balaban J connectivity index is 3.07. The van der Waals surface area contributed by atoms with Gasteiger partial charge in [-0.3, -0.25) is 15.0 Å². The number of hydrogen-bond acceptors (Lipinski definition) is 3. The second-order valence-corrected chi connectivity index (χ2v) is 4.72. The Morgan fingerprint density at radius 3 is 2.44 bits per heavy atom. The zero-order chi connectivity index (χ0) is 12.5. The lowest BCUT2D eigenvalue weighted by atomic mass is 10.1. The summed E-state index contributed by atoms with van der Waals surface area (Å²) in [7, 11) is 0. The molecule has 0 aliphatic carbocycles. The molecule has 0 unspecified atom stereocenters. The Morgan fingerprint density at radius 2 is 2.00 bits per heavy atom. The van der Waals surface area contributed by atoms with Gasteiger partial charge in [-0.2, -0.15) is 5.06 Å². The highest BCUT2D eigenvalue weighted by molar-refractivity contribution is 6.15. The van der Waals surface area contributed by atoms with E-state index in [2.05, 4.69) is 0 Å². The van der Waals surface area contributed by atoms with Crippen molar-refractivity contribution in [3.05, 3.63) is 23.3 Å². The third-order valence-corrected chi connectivity index (χ3v) is 2.05. The highest BCUT2D eigenvalue weighted by Crippen LogP contribution is 2.21. The maximum atomic E-state index is 11.8. The average molecular weight is 222 g/mol. The van der Waals surface area contributed by atoms with Crippen molar-refractivity contribution in [2.75, 3.05) is 0 Å². The minimum atomic E-state index is -0.502. The largest absolute Gasteiger partial charge is 0.282 e. The van der Waals surface area contributed by atoms with Crippen molar-refractivity contribution in [3.8, 4) is 0 Å². The molecule has 4 heteroatoms. The van der Waals surface area contributed by atoms with Crippen LogP contribution in [0.25, 0.3) is 0 Å². The van der Waals surface area contributed by atoms with Gasteiger partial charge in [-0.05, 0) is 40.7 Å². The quantitative estimate of drug-likeness (QED) is 0.740. The normalized spacial score (nSPS) is 20.4. The molecule has 0 saturated heterocycles. The van der Waals surface area contributed by atoms with Crippen LogP contribution in [0.15, 0.2) is 23.3 Å². The summed E-state index contributed by atoms with van der Waals surface area (Å²) in [5.41, 5.74) is 0.771. The first-order valence-corrected chi connectivity index (χ1v) is 5.23. The van der Waals surface area contributed by atoms with E-state index in [9.17, 15) is 4.79 Å². The molecule has 0 fully saturated rings. The molecule has 1 heterocycles. The Bertz CT molecular complexity index is 386. The molecular weight excluding hydrogens is 204 g/mol. The van der Waals surface area contributed by atoms with Crippen molar-refractivity contribution in [3.63, 3.8) is 0 Å². The van der Waals surface area contributed by atoms with Crippen LogP contribution in [0.4, 0.5) is 0 Å². The van der Waals surface area contributed by atoms with Crippen LogP contribution in [0.1, 0.15) is 34.6 Å². The topological polar surface area (TPSA) is 53.4 Å². The van der Waals surface area contributed by atoms with Crippen molar-refractivity contribution in [2.24, 2.45) is 0 Å². The van der Waals surface area contributed by atoms with Crippen LogP contribution in [0, 0.1) is 5.41 Å². The Kier molecular flexibility index (Phi) is 3.33. The third-order valence-electron chi connectivity index (χ3n) is 2.05. The molecule has 4 nitrogen and oxygen atoms in total. The van der Waals surface area contributed by atoms with E-state index in [1.54, 1.807) is 19.1 Å². The zero-order valence-corrected chi connectivity index (χ0v) is 10.4. The number of hydrogen-bond donors (Lipinski definition) is 1. The van der Waals surface area contributed by atoms with Crippen molar-refractivity contribution in [1.82, 2.24) is 5.06 Å². The molecule has 1 rings (SSSR count). The fourth-order valence-electron chi connectivity index (χ4n) is 1.32. The first-order valence-electron chi connectivity index (χ1n) is 5.23. The van der Waals surface area contributed by atoms with Crippen molar-refractivity contribution < 1.29 is 9.63 Å². The van der Waals surface area contributed by atoms with Gasteiger partial charge >= 0.3 is 0 Å². The van der Waals surface area contributed by atoms with E-state index < -0.39 is 5.60 Å². The minimum absolute atomic E-state index is 0.0908. The van der Waals surface area contributed by atoms with Gasteiger partial charge in [0.25, 0.3) is 5.91 Å². The average Bonchev–Trinajstić information content (AvgIpc) is 2.17. The Morgan fingerprint density at radius 1 is 1.44 bits per heavy atom. The highest BCUT2D eigenvalue weighted by atomic mass is 16.7. The van der Waals surface area contributed by atoms with Gasteiger partial charge in [-0.1, -0.05) is 6.08 Å². The second kappa shape index (κ2) is 4.22. The predicted molar refractivity (Wildman–Crippen MR) is 62.9 cm³/mol. The van der Waals surface area contributed by atoms with Gasteiger partial charge in [0.1, 0.15) is 0 Å². The van der Waals surface area contributed by atoms with Crippen molar-refractivity contribution in [1.29, 1.82) is 5.41 Å². The number of rotatable bonds is 1. The molecule has 0 radical (unpaired) electrons. The summed E-state index contributed by atoms with van der Waals surface area (Å²) in [6.45, 7) is 9.08. The maximum Gasteiger partial charge on any atom is 0.279 e. The molecule has 0 spiro atoms. The third kappa shape index (κ3) is 2.58. The van der Waals surface area contributed by atoms with Gasteiger partial charge in [-0.25, -0.2) is 0 Å². The van der Waals surface area contributed by atoms with E-state index in [-0.39, 0.29) is 11.7 Å². The smallest absolute Gasteiger partial charge is 0.279 e. The standard InChI is InChI=1S/C12H18N2O2/c1-6-9-7-8(2)11(15)14(10(9)13)16-12(3,4)5/h6-7,13H,1-5H3/b9-6-,13-10?. The van der Waals surface area contributed by atoms with Crippen LogP contribution in [-0.2, 0) is 9.63 Å². The van der Waals surface area contributed by atoms with Gasteiger partial charge in [0.15, 0.2) is 5.84 Å². The minimum Gasteiger partial charge on any atom is -0.282 e. The number of amides is 1. The number of nitrogens with zero attached hydrogens (tertiary/aromatic N) is 1. The van der Waals surface area contributed by atoms with Gasteiger partial charge in [0, 0.05) is 11.1 Å². The summed E-state index contributed by atoms with van der Waals surface area (Å²) in [5, 5.41) is 8.93. The molecule has 16 heavy (non-hydrogen) atoms. The highest BCUT2D eigenvalue weighted by Gasteiger charge is 2.31. The molecule has 0 aromatic rings. The molecule has 0 saturated carbocycles. The maximum absolute atomic E-state index is 11.8. The molecule has 1 N–H and O–H groups in total. The van der Waals surface area contributed by atoms with Gasteiger partial charge in [-0.15, -0.1) is 0 Å². The molecule has 0 bridgehead atoms. The lowest BCUT2D eigenvalue weighted by Crippen LogP contribution is -2.45. The van der Waals surface area contributed by atoms with Crippen LogP contribution in [0.3, 0.4) is 0 Å². The number of carbonyl (C=O) groups excluding carboxylic acids is 1. The van der Waals surface area contributed by atoms with E-state index in [1.807, 2.05) is 27.7 Å². The first kappa shape index (κ1) is 12.6. The van der Waals surface area contributed by atoms with Crippen molar-refractivity contribution in [2.45, 2.75) is 40.2 Å². The van der Waals surface area contributed by atoms with Crippen LogP contribution in [-0.4, -0.2) is 22.4 Å². The Labute approximate surface area is 96.0 Å². The van der Waals surface area contributed by atoms with E-state index in [0.29, 0.717) is 11.1 Å². The summed E-state index contributed by atoms with van der Waals surface area (Å²) in [5.74, 6) is -0.182. The monoisotopic (exact) mass is 222 g/mol. The number of nitrogens with one attached hydrogen (secondary N) is 1. The summed E-state index contributed by atoms with van der Waals surface area (Å²) < 4.78 is 0. The fraction of sp³-hybridized carbons (Fsp3) is 0.500. The molecule has 0 aromatic carbocycles. The van der Waals surface area contributed by atoms with Crippen LogP contribution in [0.2, 0.25) is 0 Å². The number of carbonyl (C=O) groups is 1. The molecule has 0 aromatic heterocycles. The molecule has 0 atom stereocenters. The number of allylic oxidation sites excluding steroid dienone is 1. The fourth-order valence-corrected chi connectivity index (χ4v) is 1.32. The van der Waals surface area contributed by atoms with Crippen LogP contribution in [0.5, 0.6) is 0 Å². The Hall–Kier alpha value is -1.42. The summed E-state index contributed by atoms with van der Waals surface area (Å²) in [4.78, 5) is 17.3. The lowest BCUT2D eigenvalue weighted by Gasteiger charge is -2.32. The lowest BCUT2D eigenvalue weighted by molar-refractivity contribution is -0.193. The molecule has 1 aliphatic rings. The summed E-state index contributed by atoms with van der Waals surface area (Å²) >= 11 is 0. The second-order valence-electron chi connectivity index (χ2n) is 4.72. The zero-order valence-electron chi connectivity index (χ0n) is 10.4. The molecule has 88 valence electrons. The molecular formula is C12H18N2O2. The molecule has 1 amide bonds. The molecule has 1 aliphatic heterocycles. The van der Waals surface area contributed by atoms with E-state index in [0.717, 1.165) is 5.06 Å². The van der Waals surface area contributed by atoms with Gasteiger partial charge in [0.2, 0.25) is 0 Å². The predicted octanol–water partition coefficient (Wildman–Crippen LogP) is 2.43. The van der Waals surface area contributed by atoms with Gasteiger partial charge < -0.3 is 0 Å².